The van der Waals surface area contributed by atoms with Crippen molar-refractivity contribution in [1.82, 2.24) is 24.7 Å². The number of fused-ring (bicyclic) bond motifs is 1. The van der Waals surface area contributed by atoms with Gasteiger partial charge in [-0.2, -0.15) is 18.3 Å². The number of hydrogen-bond donors (Lipinski definition) is 0. The highest BCUT2D eigenvalue weighted by Crippen LogP contribution is 2.78. The van der Waals surface area contributed by atoms with E-state index in [0.717, 1.165) is 35.2 Å². The first-order valence-electron chi connectivity index (χ1n) is 12.6. The van der Waals surface area contributed by atoms with Crippen LogP contribution in [0.25, 0.3) is 11.0 Å². The normalized spacial score (nSPS) is 34.5. The Labute approximate surface area is 201 Å². The molecule has 9 heteroatoms. The second-order valence-electron chi connectivity index (χ2n) is 11.4. The van der Waals surface area contributed by atoms with Gasteiger partial charge in [0.25, 0.3) is 0 Å². The first-order chi connectivity index (χ1) is 16.6. The Hall–Kier alpha value is -2.55. The number of nitrogens with zero attached hydrogens (tertiary/aromatic N) is 5. The highest BCUT2D eigenvalue weighted by atomic mass is 19.4. The maximum Gasteiger partial charge on any atom is 0.394 e. The maximum atomic E-state index is 13.6. The van der Waals surface area contributed by atoms with Crippen molar-refractivity contribution >= 4 is 11.0 Å². The second-order valence-corrected chi connectivity index (χ2v) is 11.4. The molecule has 0 radical (unpaired) electrons. The van der Waals surface area contributed by atoms with E-state index >= 15 is 0 Å². The molecule has 4 heterocycles. The summed E-state index contributed by atoms with van der Waals surface area (Å²) >= 11 is 0. The summed E-state index contributed by atoms with van der Waals surface area (Å²) in [5.41, 5.74) is 1.21. The van der Waals surface area contributed by atoms with Crippen LogP contribution in [0, 0.1) is 12.3 Å². The topological polar surface area (TPSA) is 65.7 Å². The van der Waals surface area contributed by atoms with Gasteiger partial charge in [-0.05, 0) is 70.9 Å². The molecule has 184 valence electrons. The van der Waals surface area contributed by atoms with Gasteiger partial charge in [0.15, 0.2) is 5.65 Å². The van der Waals surface area contributed by atoms with Crippen LogP contribution in [-0.2, 0) is 10.2 Å². The molecule has 1 aliphatic heterocycles. The van der Waals surface area contributed by atoms with Crippen molar-refractivity contribution in [3.05, 3.63) is 47.3 Å². The molecule has 3 aromatic heterocycles. The fraction of sp³-hybridized carbons (Fsp3) is 0.615. The molecule has 5 aliphatic rings. The third-order valence-corrected chi connectivity index (χ3v) is 8.64. The molecule has 4 saturated carbocycles. The minimum atomic E-state index is -4.15. The first-order valence-corrected chi connectivity index (χ1v) is 12.6. The highest BCUT2D eigenvalue weighted by Gasteiger charge is 2.79. The molecule has 8 rings (SSSR count). The molecule has 6 nitrogen and oxygen atoms in total. The molecule has 0 N–H and O–H groups in total. The van der Waals surface area contributed by atoms with Crippen LogP contribution in [0.15, 0.2) is 24.5 Å². The van der Waals surface area contributed by atoms with Crippen molar-refractivity contribution < 1.29 is 17.9 Å². The summed E-state index contributed by atoms with van der Waals surface area (Å²) in [6.07, 6.45) is 3.94. The molecule has 1 saturated heterocycles. The van der Waals surface area contributed by atoms with Crippen LogP contribution in [0.4, 0.5) is 13.2 Å². The number of aromatic nitrogens is 5. The van der Waals surface area contributed by atoms with Gasteiger partial charge in [-0.3, -0.25) is 4.68 Å². The van der Waals surface area contributed by atoms with Crippen molar-refractivity contribution in [3.63, 3.8) is 0 Å². The quantitative estimate of drug-likeness (QED) is 0.464. The molecule has 0 aromatic carbocycles. The van der Waals surface area contributed by atoms with Crippen LogP contribution in [0.2, 0.25) is 0 Å². The fourth-order valence-corrected chi connectivity index (χ4v) is 6.68. The van der Waals surface area contributed by atoms with E-state index in [1.807, 2.05) is 29.9 Å². The average Bonchev–Trinajstić information content (AvgIpc) is 3.46. The number of alkyl halides is 3. The van der Waals surface area contributed by atoms with Gasteiger partial charge in [0.1, 0.15) is 5.82 Å². The smallest absolute Gasteiger partial charge is 0.370 e. The van der Waals surface area contributed by atoms with Crippen molar-refractivity contribution in [3.8, 4) is 0 Å². The first kappa shape index (κ1) is 21.7. The zero-order valence-corrected chi connectivity index (χ0v) is 19.8. The van der Waals surface area contributed by atoms with Crippen molar-refractivity contribution in [1.29, 1.82) is 0 Å². The van der Waals surface area contributed by atoms with Gasteiger partial charge >= 0.3 is 6.18 Å². The summed E-state index contributed by atoms with van der Waals surface area (Å²) in [6.45, 7) is 3.97. The van der Waals surface area contributed by atoms with E-state index in [1.165, 1.54) is 12.8 Å². The number of rotatable bonds is 4. The summed E-state index contributed by atoms with van der Waals surface area (Å²) < 4.78 is 49.1. The molecule has 35 heavy (non-hydrogen) atoms. The largest absolute Gasteiger partial charge is 0.394 e. The average molecular weight is 484 g/mol. The monoisotopic (exact) mass is 483 g/mol. The Bertz CT molecular complexity index is 1310. The van der Waals surface area contributed by atoms with Crippen LogP contribution in [-0.4, -0.2) is 37.0 Å². The third-order valence-electron chi connectivity index (χ3n) is 8.64. The fourth-order valence-electron chi connectivity index (χ4n) is 6.68. The molecule has 3 aromatic rings. The third kappa shape index (κ3) is 3.26. The van der Waals surface area contributed by atoms with E-state index in [9.17, 15) is 13.2 Å². The van der Waals surface area contributed by atoms with E-state index in [-0.39, 0.29) is 37.4 Å². The summed E-state index contributed by atoms with van der Waals surface area (Å²) in [7, 11) is 0. The van der Waals surface area contributed by atoms with Crippen LogP contribution >= 0.6 is 0 Å². The van der Waals surface area contributed by atoms with Crippen LogP contribution in [0.1, 0.15) is 92.7 Å². The lowest BCUT2D eigenvalue weighted by molar-refractivity contribution is -0.337. The van der Waals surface area contributed by atoms with E-state index in [1.54, 1.807) is 0 Å². The van der Waals surface area contributed by atoms with Crippen molar-refractivity contribution in [2.45, 2.75) is 94.6 Å². The lowest BCUT2D eigenvalue weighted by Gasteiger charge is -2.70. The van der Waals surface area contributed by atoms with Crippen LogP contribution in [0.5, 0.6) is 0 Å². The van der Waals surface area contributed by atoms with Gasteiger partial charge < -0.3 is 4.74 Å². The van der Waals surface area contributed by atoms with Crippen LogP contribution in [0.3, 0.4) is 0 Å². The molecule has 4 aliphatic carbocycles. The van der Waals surface area contributed by atoms with E-state index in [2.05, 4.69) is 23.2 Å². The predicted molar refractivity (Wildman–Crippen MR) is 122 cm³/mol. The van der Waals surface area contributed by atoms with E-state index in [0.29, 0.717) is 17.5 Å². The molecular weight excluding hydrogens is 455 g/mol. The van der Waals surface area contributed by atoms with Gasteiger partial charge in [-0.15, -0.1) is 0 Å². The standard InChI is InChI=1S/C26H28F3N5O/c1-14-3-6-19-21(24-11-25(12-24,13-24)26(27,28)29)32-22(33-23(19)31-14)16-7-15(2)35-20(8-16)17-9-30-34(10-17)18-4-5-18/h3,6,9-10,15-16,18,20H,4-5,7-8,11-13H2,1-2H3/t15-,16+,20+,24?,25?/m1/s1. The Balaban J connectivity index is 1.24. The van der Waals surface area contributed by atoms with E-state index in [4.69, 9.17) is 14.7 Å². The Kier molecular flexibility index (Phi) is 4.35. The number of halogens is 3. The zero-order chi connectivity index (χ0) is 24.2. The SMILES string of the molecule is Cc1ccc2c(C34CC(C(F)(F)F)(C3)C4)nc([C@H]3C[C@@H](C)O[C@H](c4cnn(C5CC5)c4)C3)nc2n1. The van der Waals surface area contributed by atoms with Gasteiger partial charge in [0, 0.05) is 34.2 Å². The molecule has 0 amide bonds. The van der Waals surface area contributed by atoms with Crippen molar-refractivity contribution in [2.24, 2.45) is 5.41 Å². The van der Waals surface area contributed by atoms with E-state index < -0.39 is 17.0 Å². The molecule has 3 atom stereocenters. The molecule has 0 spiro atoms. The van der Waals surface area contributed by atoms with Gasteiger partial charge in [-0.1, -0.05) is 0 Å². The predicted octanol–water partition coefficient (Wildman–Crippen LogP) is 5.87. The molecule has 0 unspecified atom stereocenters. The van der Waals surface area contributed by atoms with Gasteiger partial charge in [-0.25, -0.2) is 15.0 Å². The Morgan fingerprint density at radius 1 is 1.06 bits per heavy atom. The molecule has 2 bridgehead atoms. The van der Waals surface area contributed by atoms with Gasteiger partial charge in [0.05, 0.1) is 35.6 Å². The lowest BCUT2D eigenvalue weighted by atomic mass is 9.33. The Morgan fingerprint density at radius 2 is 1.83 bits per heavy atom. The summed E-state index contributed by atoms with van der Waals surface area (Å²) in [5.74, 6) is 0.730. The summed E-state index contributed by atoms with van der Waals surface area (Å²) in [4.78, 5) is 14.5. The minimum Gasteiger partial charge on any atom is -0.370 e. The number of aryl methyl sites for hydroxylation is 1. The summed E-state index contributed by atoms with van der Waals surface area (Å²) in [6, 6.07) is 4.33. The number of ether oxygens (including phenoxy) is 1. The molecule has 5 fully saturated rings. The second kappa shape index (κ2) is 7.02. The highest BCUT2D eigenvalue weighted by molar-refractivity contribution is 5.79. The minimum absolute atomic E-state index is 0.0136. The van der Waals surface area contributed by atoms with Crippen LogP contribution < -0.4 is 0 Å². The Morgan fingerprint density at radius 3 is 2.54 bits per heavy atom. The lowest BCUT2D eigenvalue weighted by Crippen LogP contribution is -2.70. The number of hydrogen-bond acceptors (Lipinski definition) is 5. The zero-order valence-electron chi connectivity index (χ0n) is 19.8. The maximum absolute atomic E-state index is 13.6. The number of pyridine rings is 1. The van der Waals surface area contributed by atoms with Gasteiger partial charge in [0.2, 0.25) is 0 Å². The summed E-state index contributed by atoms with van der Waals surface area (Å²) in [5, 5.41) is 5.32. The van der Waals surface area contributed by atoms with Crippen molar-refractivity contribution in [2.75, 3.05) is 0 Å². The molecular formula is C26H28F3N5O.